The molecule has 0 bridgehead atoms. The topological polar surface area (TPSA) is 102 Å². The Bertz CT molecular complexity index is 1280. The molecule has 1 aliphatic heterocycles. The highest BCUT2D eigenvalue weighted by Crippen LogP contribution is 2.27. The van der Waals surface area contributed by atoms with Crippen LogP contribution in [0.2, 0.25) is 0 Å². The Labute approximate surface area is 185 Å². The number of aryl methyl sites for hydroxylation is 1. The summed E-state index contributed by atoms with van der Waals surface area (Å²) < 4.78 is 1.65. The average Bonchev–Trinajstić information content (AvgIpc) is 3.25. The number of anilines is 1. The number of piperidine rings is 1. The highest BCUT2D eigenvalue weighted by atomic mass is 16.1. The van der Waals surface area contributed by atoms with Crippen molar-refractivity contribution in [2.24, 2.45) is 7.05 Å². The predicted octanol–water partition coefficient (Wildman–Crippen LogP) is 2.88. The Morgan fingerprint density at radius 2 is 1.94 bits per heavy atom. The van der Waals surface area contributed by atoms with Gasteiger partial charge in [0.15, 0.2) is 0 Å². The maximum absolute atomic E-state index is 12.9. The number of aromatic nitrogens is 6. The van der Waals surface area contributed by atoms with Crippen LogP contribution in [0, 0.1) is 0 Å². The van der Waals surface area contributed by atoms with E-state index in [-0.39, 0.29) is 11.9 Å². The third-order valence-electron chi connectivity index (χ3n) is 5.89. The number of fused-ring (bicyclic) bond motifs is 1. The minimum absolute atomic E-state index is 0.244. The molecule has 1 N–H and O–H groups in total. The second-order valence-corrected chi connectivity index (χ2v) is 8.25. The Hall–Kier alpha value is -3.72. The van der Waals surface area contributed by atoms with Gasteiger partial charge in [0.25, 0.3) is 5.91 Å². The van der Waals surface area contributed by atoms with Gasteiger partial charge in [0.2, 0.25) is 5.95 Å². The molecule has 9 nitrogen and oxygen atoms in total. The highest BCUT2D eigenvalue weighted by Gasteiger charge is 2.20. The molecule has 0 atom stereocenters. The highest BCUT2D eigenvalue weighted by molar-refractivity contribution is 6.03. The van der Waals surface area contributed by atoms with E-state index in [1.165, 1.54) is 0 Å². The van der Waals surface area contributed by atoms with Crippen LogP contribution in [-0.4, -0.2) is 60.9 Å². The molecule has 162 valence electrons. The molecule has 1 aliphatic rings. The van der Waals surface area contributed by atoms with Crippen molar-refractivity contribution in [1.82, 2.24) is 34.8 Å². The summed E-state index contributed by atoms with van der Waals surface area (Å²) in [5, 5.41) is 11.8. The van der Waals surface area contributed by atoms with E-state index in [0.717, 1.165) is 53.8 Å². The van der Waals surface area contributed by atoms with Crippen molar-refractivity contribution in [3.63, 3.8) is 0 Å². The first-order chi connectivity index (χ1) is 15.5. The van der Waals surface area contributed by atoms with Crippen LogP contribution in [0.25, 0.3) is 22.2 Å². The molecule has 1 saturated heterocycles. The predicted molar refractivity (Wildman–Crippen MR) is 121 cm³/mol. The monoisotopic (exact) mass is 428 g/mol. The number of nitrogens with one attached hydrogen (secondary N) is 1. The third-order valence-corrected chi connectivity index (χ3v) is 5.89. The summed E-state index contributed by atoms with van der Waals surface area (Å²) >= 11 is 0. The zero-order valence-corrected chi connectivity index (χ0v) is 18.1. The van der Waals surface area contributed by atoms with Crippen LogP contribution in [0.15, 0.2) is 48.9 Å². The van der Waals surface area contributed by atoms with Crippen LogP contribution in [0.4, 0.5) is 5.95 Å². The number of likely N-dealkylation sites (tertiary alicyclic amines) is 1. The number of hydrogen-bond donors (Lipinski definition) is 1. The van der Waals surface area contributed by atoms with Gasteiger partial charge in [0.05, 0.1) is 11.7 Å². The molecule has 0 spiro atoms. The molecule has 9 heteroatoms. The largest absolute Gasteiger partial charge is 0.306 e. The number of rotatable bonds is 4. The molecule has 1 amide bonds. The molecule has 0 saturated carbocycles. The van der Waals surface area contributed by atoms with Crippen LogP contribution >= 0.6 is 0 Å². The number of amides is 1. The molecular formula is C23H24N8O. The van der Waals surface area contributed by atoms with Gasteiger partial charge in [-0.15, -0.1) is 5.10 Å². The van der Waals surface area contributed by atoms with Gasteiger partial charge in [0.1, 0.15) is 5.69 Å². The molecule has 3 aromatic heterocycles. The number of nitrogens with zero attached hydrogens (tertiary/aromatic N) is 7. The molecule has 5 rings (SSSR count). The zero-order valence-electron chi connectivity index (χ0n) is 18.1. The van der Waals surface area contributed by atoms with E-state index in [4.69, 9.17) is 0 Å². The van der Waals surface area contributed by atoms with E-state index in [1.807, 2.05) is 37.5 Å². The van der Waals surface area contributed by atoms with E-state index < -0.39 is 0 Å². The summed E-state index contributed by atoms with van der Waals surface area (Å²) in [6, 6.07) is 9.41. The van der Waals surface area contributed by atoms with Crippen LogP contribution < -0.4 is 5.32 Å². The van der Waals surface area contributed by atoms with Gasteiger partial charge in [-0.05, 0) is 51.2 Å². The van der Waals surface area contributed by atoms with E-state index in [2.05, 4.69) is 42.5 Å². The molecule has 0 unspecified atom stereocenters. The Balaban J connectivity index is 1.36. The number of carbonyl (C=O) groups is 1. The zero-order chi connectivity index (χ0) is 22.1. The summed E-state index contributed by atoms with van der Waals surface area (Å²) in [4.78, 5) is 28.6. The summed E-state index contributed by atoms with van der Waals surface area (Å²) in [6.45, 7) is 2.09. The van der Waals surface area contributed by atoms with Gasteiger partial charge < -0.3 is 4.90 Å². The van der Waals surface area contributed by atoms with E-state index in [0.29, 0.717) is 11.5 Å². The van der Waals surface area contributed by atoms with Crippen molar-refractivity contribution in [2.75, 3.05) is 25.5 Å². The second kappa shape index (κ2) is 8.43. The lowest BCUT2D eigenvalue weighted by Gasteiger charge is -2.28. The first-order valence-electron chi connectivity index (χ1n) is 10.6. The van der Waals surface area contributed by atoms with Crippen molar-refractivity contribution < 1.29 is 4.79 Å². The average molecular weight is 429 g/mol. The SMILES string of the molecule is CN1CCC(c2cc(C(=O)Nc3ncc4ccc(-c5cn(C)nn5)cc4n3)ccn2)CC1. The van der Waals surface area contributed by atoms with Crippen LogP contribution in [0.5, 0.6) is 0 Å². The Morgan fingerprint density at radius 1 is 1.09 bits per heavy atom. The fraction of sp³-hybridized carbons (Fsp3) is 0.304. The van der Waals surface area contributed by atoms with Crippen LogP contribution in [0.1, 0.15) is 34.8 Å². The molecule has 4 heterocycles. The molecule has 4 aromatic rings. The minimum Gasteiger partial charge on any atom is -0.306 e. The summed E-state index contributed by atoms with van der Waals surface area (Å²) in [5.41, 5.74) is 3.92. The van der Waals surface area contributed by atoms with Gasteiger partial charge in [-0.3, -0.25) is 19.8 Å². The Morgan fingerprint density at radius 3 is 2.72 bits per heavy atom. The molecule has 0 radical (unpaired) electrons. The van der Waals surface area contributed by atoms with Gasteiger partial charge >= 0.3 is 0 Å². The first-order valence-corrected chi connectivity index (χ1v) is 10.6. The summed E-state index contributed by atoms with van der Waals surface area (Å²) in [7, 11) is 3.96. The number of carbonyl (C=O) groups excluding carboxylic acids is 1. The van der Waals surface area contributed by atoms with Gasteiger partial charge in [-0.1, -0.05) is 17.3 Å². The molecule has 1 fully saturated rings. The van der Waals surface area contributed by atoms with Gasteiger partial charge in [-0.25, -0.2) is 9.97 Å². The van der Waals surface area contributed by atoms with Crippen molar-refractivity contribution in [2.45, 2.75) is 18.8 Å². The van der Waals surface area contributed by atoms with E-state index in [1.54, 1.807) is 23.1 Å². The first kappa shape index (κ1) is 20.2. The lowest BCUT2D eigenvalue weighted by atomic mass is 9.92. The normalized spacial score (nSPS) is 15.2. The summed E-state index contributed by atoms with van der Waals surface area (Å²) in [6.07, 6.45) is 7.36. The van der Waals surface area contributed by atoms with Crippen LogP contribution in [0.3, 0.4) is 0 Å². The standard InChI is InChI=1S/C23H24N8O/c1-30-9-6-15(7-10-30)19-12-17(5-8-24-19)22(32)27-23-25-13-18-4-3-16(11-20(18)26-23)21-14-31(2)29-28-21/h3-5,8,11-15H,6-7,9-10H2,1-2H3,(H,25,26,27,32). The summed E-state index contributed by atoms with van der Waals surface area (Å²) in [5.74, 6) is 0.401. The smallest absolute Gasteiger partial charge is 0.258 e. The van der Waals surface area contributed by atoms with E-state index >= 15 is 0 Å². The van der Waals surface area contributed by atoms with Crippen molar-refractivity contribution in [1.29, 1.82) is 0 Å². The third kappa shape index (κ3) is 4.19. The second-order valence-electron chi connectivity index (χ2n) is 8.25. The molecule has 32 heavy (non-hydrogen) atoms. The van der Waals surface area contributed by atoms with Crippen molar-refractivity contribution in [3.05, 3.63) is 60.2 Å². The lowest BCUT2D eigenvalue weighted by molar-refractivity contribution is 0.102. The maximum atomic E-state index is 12.9. The van der Waals surface area contributed by atoms with Gasteiger partial charge in [-0.2, -0.15) is 0 Å². The maximum Gasteiger partial charge on any atom is 0.258 e. The number of benzene rings is 1. The molecule has 0 aliphatic carbocycles. The molecule has 1 aromatic carbocycles. The molecular weight excluding hydrogens is 404 g/mol. The van der Waals surface area contributed by atoms with Crippen LogP contribution in [-0.2, 0) is 7.05 Å². The fourth-order valence-corrected chi connectivity index (χ4v) is 4.01. The van der Waals surface area contributed by atoms with E-state index in [9.17, 15) is 4.79 Å². The van der Waals surface area contributed by atoms with Crippen molar-refractivity contribution in [3.8, 4) is 11.3 Å². The van der Waals surface area contributed by atoms with Crippen molar-refractivity contribution >= 4 is 22.8 Å². The fourth-order valence-electron chi connectivity index (χ4n) is 4.01. The lowest BCUT2D eigenvalue weighted by Crippen LogP contribution is -2.29. The number of pyridine rings is 1. The van der Waals surface area contributed by atoms with Gasteiger partial charge in [0, 0.05) is 47.6 Å². The number of hydrogen-bond acceptors (Lipinski definition) is 7. The minimum atomic E-state index is -0.244. The quantitative estimate of drug-likeness (QED) is 0.533. The Kier molecular flexibility index (Phi) is 5.32.